The lowest BCUT2D eigenvalue weighted by atomic mass is 10.1. The third-order valence-electron chi connectivity index (χ3n) is 1.56. The molecule has 0 unspecified atom stereocenters. The van der Waals surface area contributed by atoms with Crippen molar-refractivity contribution in [3.05, 3.63) is 17.8 Å². The second kappa shape index (κ2) is 4.33. The Morgan fingerprint density at radius 2 is 2.27 bits per heavy atom. The molecular weight excluding hydrogens is 192 g/mol. The minimum absolute atomic E-state index is 0.0832. The summed E-state index contributed by atoms with van der Waals surface area (Å²) in [5, 5.41) is 3.05. The fraction of sp³-hybridized carbons (Fsp3) is 0.600. The van der Waals surface area contributed by atoms with E-state index in [9.17, 15) is 0 Å². The zero-order chi connectivity index (χ0) is 11.5. The number of nitrogens with two attached hydrogens (primary N) is 1. The average molecular weight is 210 g/mol. The normalized spacial score (nSPS) is 12.9. The lowest BCUT2D eigenvalue weighted by Gasteiger charge is -2.20. The van der Waals surface area contributed by atoms with E-state index in [1.807, 2.05) is 27.7 Å². The molecule has 84 valence electrons. The summed E-state index contributed by atoms with van der Waals surface area (Å²) in [6, 6.07) is 0. The number of hydrogen-bond acceptors (Lipinski definition) is 3. The van der Waals surface area contributed by atoms with E-state index < -0.39 is 0 Å². The first kappa shape index (κ1) is 11.6. The van der Waals surface area contributed by atoms with E-state index in [0.717, 1.165) is 5.76 Å². The van der Waals surface area contributed by atoms with E-state index in [-0.39, 0.29) is 5.54 Å². The van der Waals surface area contributed by atoms with Crippen LogP contribution in [0.3, 0.4) is 0 Å². The van der Waals surface area contributed by atoms with Crippen LogP contribution in [0.4, 0.5) is 0 Å². The van der Waals surface area contributed by atoms with Crippen molar-refractivity contribution in [1.29, 1.82) is 0 Å². The molecule has 0 aliphatic rings. The summed E-state index contributed by atoms with van der Waals surface area (Å²) in [5.74, 6) is 1.76. The van der Waals surface area contributed by atoms with E-state index in [1.165, 1.54) is 0 Å². The Morgan fingerprint density at radius 1 is 1.60 bits per heavy atom. The summed E-state index contributed by atoms with van der Waals surface area (Å²) in [4.78, 5) is 8.15. The van der Waals surface area contributed by atoms with Crippen LogP contribution in [-0.2, 0) is 6.54 Å². The van der Waals surface area contributed by atoms with E-state index >= 15 is 0 Å². The lowest BCUT2D eigenvalue weighted by Crippen LogP contribution is -2.44. The Labute approximate surface area is 89.8 Å². The summed E-state index contributed by atoms with van der Waals surface area (Å²) >= 11 is 0. The van der Waals surface area contributed by atoms with Gasteiger partial charge >= 0.3 is 0 Å². The molecule has 0 atom stereocenters. The molecule has 3 N–H and O–H groups in total. The van der Waals surface area contributed by atoms with Gasteiger partial charge in [-0.1, -0.05) is 0 Å². The van der Waals surface area contributed by atoms with Gasteiger partial charge in [-0.15, -0.1) is 0 Å². The maximum atomic E-state index is 5.68. The molecule has 1 rings (SSSR count). The van der Waals surface area contributed by atoms with E-state index in [4.69, 9.17) is 10.2 Å². The Bertz CT molecular complexity index is 349. The van der Waals surface area contributed by atoms with Crippen LogP contribution >= 0.6 is 0 Å². The summed E-state index contributed by atoms with van der Waals surface area (Å²) in [5.41, 5.74) is 5.60. The highest BCUT2D eigenvalue weighted by Crippen LogP contribution is 2.03. The van der Waals surface area contributed by atoms with Gasteiger partial charge in [-0.25, -0.2) is 9.98 Å². The number of nitrogens with zero attached hydrogens (tertiary/aromatic N) is 2. The van der Waals surface area contributed by atoms with Crippen molar-refractivity contribution in [2.45, 2.75) is 39.8 Å². The van der Waals surface area contributed by atoms with E-state index in [0.29, 0.717) is 18.4 Å². The molecular formula is C10H18N4O. The van der Waals surface area contributed by atoms with Crippen molar-refractivity contribution in [3.8, 4) is 0 Å². The van der Waals surface area contributed by atoms with Crippen molar-refractivity contribution in [2.75, 3.05) is 0 Å². The molecule has 1 heterocycles. The molecule has 1 aromatic heterocycles. The molecule has 15 heavy (non-hydrogen) atoms. The van der Waals surface area contributed by atoms with Crippen molar-refractivity contribution >= 4 is 5.96 Å². The highest BCUT2D eigenvalue weighted by atomic mass is 16.4. The minimum atomic E-state index is -0.0832. The highest BCUT2D eigenvalue weighted by Gasteiger charge is 2.09. The van der Waals surface area contributed by atoms with Gasteiger partial charge in [0, 0.05) is 5.54 Å². The van der Waals surface area contributed by atoms with Gasteiger partial charge in [-0.3, -0.25) is 0 Å². The van der Waals surface area contributed by atoms with Crippen LogP contribution in [0.2, 0.25) is 0 Å². The van der Waals surface area contributed by atoms with Gasteiger partial charge in [0.05, 0.1) is 6.20 Å². The van der Waals surface area contributed by atoms with Gasteiger partial charge in [0.2, 0.25) is 5.89 Å². The monoisotopic (exact) mass is 210 g/mol. The summed E-state index contributed by atoms with van der Waals surface area (Å²) in [6.07, 6.45) is 1.66. The maximum absolute atomic E-state index is 5.68. The van der Waals surface area contributed by atoms with Crippen LogP contribution in [-0.4, -0.2) is 16.5 Å². The second-order valence-corrected chi connectivity index (χ2v) is 4.44. The molecule has 1 aromatic rings. The summed E-state index contributed by atoms with van der Waals surface area (Å²) < 4.78 is 5.26. The zero-order valence-corrected chi connectivity index (χ0v) is 9.66. The number of aromatic nitrogens is 1. The predicted molar refractivity (Wildman–Crippen MR) is 59.5 cm³/mol. The topological polar surface area (TPSA) is 76.4 Å². The number of guanidine groups is 1. The molecule has 0 aliphatic heterocycles. The predicted octanol–water partition coefficient (Wildman–Crippen LogP) is 1.19. The molecule has 0 bridgehead atoms. The Hall–Kier alpha value is -1.52. The van der Waals surface area contributed by atoms with E-state index in [2.05, 4.69) is 15.3 Å². The van der Waals surface area contributed by atoms with Gasteiger partial charge in [-0.05, 0) is 27.7 Å². The fourth-order valence-corrected chi connectivity index (χ4v) is 1.05. The Morgan fingerprint density at radius 3 is 2.73 bits per heavy atom. The standard InChI is InChI=1S/C10H18N4O/c1-7-5-12-8(15-7)6-13-9(11)14-10(2,3)4/h5H,6H2,1-4H3,(H3,11,13,14). The number of aryl methyl sites for hydroxylation is 1. The van der Waals surface area contributed by atoms with Crippen LogP contribution < -0.4 is 11.1 Å². The lowest BCUT2D eigenvalue weighted by molar-refractivity contribution is 0.471. The SMILES string of the molecule is Cc1cnc(CN=C(N)NC(C)(C)C)o1. The number of hydrogen-bond donors (Lipinski definition) is 2. The zero-order valence-electron chi connectivity index (χ0n) is 9.66. The van der Waals surface area contributed by atoms with Crippen molar-refractivity contribution < 1.29 is 4.42 Å². The third-order valence-corrected chi connectivity index (χ3v) is 1.56. The minimum Gasteiger partial charge on any atom is -0.444 e. The van der Waals surface area contributed by atoms with Crippen molar-refractivity contribution in [3.63, 3.8) is 0 Å². The molecule has 0 amide bonds. The van der Waals surface area contributed by atoms with Crippen LogP contribution in [0.25, 0.3) is 0 Å². The van der Waals surface area contributed by atoms with Crippen molar-refractivity contribution in [1.82, 2.24) is 10.3 Å². The largest absolute Gasteiger partial charge is 0.444 e. The molecule has 0 saturated heterocycles. The van der Waals surface area contributed by atoms with Crippen molar-refractivity contribution in [2.24, 2.45) is 10.7 Å². The van der Waals surface area contributed by atoms with Crippen LogP contribution in [0.1, 0.15) is 32.4 Å². The molecule has 0 saturated carbocycles. The average Bonchev–Trinajstić information content (AvgIpc) is 2.45. The third kappa shape index (κ3) is 4.49. The number of oxazole rings is 1. The molecule has 0 fully saturated rings. The highest BCUT2D eigenvalue weighted by molar-refractivity contribution is 5.78. The number of nitrogens with one attached hydrogen (secondary N) is 1. The summed E-state index contributed by atoms with van der Waals surface area (Å²) in [7, 11) is 0. The first-order chi connectivity index (χ1) is 6.87. The van der Waals surface area contributed by atoms with Crippen LogP contribution in [0.5, 0.6) is 0 Å². The number of aliphatic imine (C=N–C) groups is 1. The molecule has 0 radical (unpaired) electrons. The Kier molecular flexibility index (Phi) is 3.34. The summed E-state index contributed by atoms with van der Waals surface area (Å²) in [6.45, 7) is 8.26. The Balaban J connectivity index is 2.51. The maximum Gasteiger partial charge on any atom is 0.216 e. The molecule has 5 heteroatoms. The first-order valence-corrected chi connectivity index (χ1v) is 4.86. The van der Waals surface area contributed by atoms with Gasteiger partial charge in [0.15, 0.2) is 5.96 Å². The smallest absolute Gasteiger partial charge is 0.216 e. The van der Waals surface area contributed by atoms with Gasteiger partial charge in [-0.2, -0.15) is 0 Å². The quantitative estimate of drug-likeness (QED) is 0.567. The molecule has 0 aliphatic carbocycles. The molecule has 5 nitrogen and oxygen atoms in total. The van der Waals surface area contributed by atoms with Crippen LogP contribution in [0.15, 0.2) is 15.6 Å². The number of rotatable bonds is 2. The molecule has 0 aromatic carbocycles. The molecule has 0 spiro atoms. The van der Waals surface area contributed by atoms with Gasteiger partial charge < -0.3 is 15.5 Å². The van der Waals surface area contributed by atoms with Crippen LogP contribution in [0, 0.1) is 6.92 Å². The van der Waals surface area contributed by atoms with Gasteiger partial charge in [0.25, 0.3) is 0 Å². The first-order valence-electron chi connectivity index (χ1n) is 4.86. The second-order valence-electron chi connectivity index (χ2n) is 4.44. The van der Waals surface area contributed by atoms with Gasteiger partial charge in [0.1, 0.15) is 12.3 Å². The fourth-order valence-electron chi connectivity index (χ4n) is 1.05. The van der Waals surface area contributed by atoms with E-state index in [1.54, 1.807) is 6.20 Å².